The average molecular weight is 409 g/mol. The SMILES string of the molecule is COc1ccc(NC(=O)C2=C(C)Nc3ncnn3C2c2ccc(F)cc2)c(OC)c1. The quantitative estimate of drug-likeness (QED) is 0.672. The number of aromatic nitrogens is 3. The molecule has 1 aromatic heterocycles. The summed E-state index contributed by atoms with van der Waals surface area (Å²) in [6.45, 7) is 1.79. The van der Waals surface area contributed by atoms with Gasteiger partial charge >= 0.3 is 0 Å². The maximum absolute atomic E-state index is 13.5. The normalized spacial score (nSPS) is 15.3. The molecule has 4 rings (SSSR count). The summed E-state index contributed by atoms with van der Waals surface area (Å²) in [5.74, 6) is 0.862. The van der Waals surface area contributed by atoms with Gasteiger partial charge in [-0.05, 0) is 36.8 Å². The number of hydrogen-bond donors (Lipinski definition) is 2. The van der Waals surface area contributed by atoms with Gasteiger partial charge < -0.3 is 20.1 Å². The van der Waals surface area contributed by atoms with Crippen LogP contribution in [-0.2, 0) is 4.79 Å². The first-order chi connectivity index (χ1) is 14.5. The number of nitrogens with one attached hydrogen (secondary N) is 2. The molecular formula is C21H20FN5O3. The van der Waals surface area contributed by atoms with Crippen LogP contribution < -0.4 is 20.1 Å². The average Bonchev–Trinajstić information content (AvgIpc) is 3.21. The molecule has 3 aromatic rings. The van der Waals surface area contributed by atoms with Gasteiger partial charge in [0, 0.05) is 11.8 Å². The van der Waals surface area contributed by atoms with Gasteiger partial charge in [0.05, 0.1) is 25.5 Å². The molecule has 1 amide bonds. The van der Waals surface area contributed by atoms with Crippen LogP contribution in [0.25, 0.3) is 0 Å². The van der Waals surface area contributed by atoms with E-state index in [1.807, 2.05) is 0 Å². The Hall–Kier alpha value is -3.88. The molecule has 154 valence electrons. The van der Waals surface area contributed by atoms with E-state index in [9.17, 15) is 9.18 Å². The summed E-state index contributed by atoms with van der Waals surface area (Å²) in [6, 6.07) is 10.5. The second kappa shape index (κ2) is 7.86. The number of methoxy groups -OCH3 is 2. The second-order valence-electron chi connectivity index (χ2n) is 6.67. The van der Waals surface area contributed by atoms with Crippen LogP contribution in [0, 0.1) is 5.82 Å². The van der Waals surface area contributed by atoms with Crippen molar-refractivity contribution in [3.05, 3.63) is 71.4 Å². The lowest BCUT2D eigenvalue weighted by molar-refractivity contribution is -0.113. The fourth-order valence-electron chi connectivity index (χ4n) is 3.43. The van der Waals surface area contributed by atoms with E-state index < -0.39 is 6.04 Å². The Morgan fingerprint density at radius 1 is 1.17 bits per heavy atom. The lowest BCUT2D eigenvalue weighted by Gasteiger charge is -2.29. The number of carbonyl (C=O) groups excluding carboxylic acids is 1. The van der Waals surface area contributed by atoms with Crippen LogP contribution in [0.5, 0.6) is 11.5 Å². The molecule has 2 aromatic carbocycles. The van der Waals surface area contributed by atoms with Gasteiger partial charge in [-0.1, -0.05) is 12.1 Å². The van der Waals surface area contributed by atoms with E-state index in [1.165, 1.54) is 25.6 Å². The van der Waals surface area contributed by atoms with Crippen molar-refractivity contribution >= 4 is 17.5 Å². The van der Waals surface area contributed by atoms with Crippen molar-refractivity contribution in [2.45, 2.75) is 13.0 Å². The lowest BCUT2D eigenvalue weighted by Crippen LogP contribution is -2.31. The van der Waals surface area contributed by atoms with Gasteiger partial charge in [-0.3, -0.25) is 4.79 Å². The van der Waals surface area contributed by atoms with Crippen molar-refractivity contribution in [2.24, 2.45) is 0 Å². The summed E-state index contributed by atoms with van der Waals surface area (Å²) in [4.78, 5) is 17.5. The number of allylic oxidation sites excluding steroid dienone is 1. The van der Waals surface area contributed by atoms with E-state index >= 15 is 0 Å². The molecule has 1 aliphatic heterocycles. The highest BCUT2D eigenvalue weighted by atomic mass is 19.1. The number of rotatable bonds is 5. The number of ether oxygens (including phenoxy) is 2. The summed E-state index contributed by atoms with van der Waals surface area (Å²) in [5, 5.41) is 10.3. The molecule has 8 nitrogen and oxygen atoms in total. The summed E-state index contributed by atoms with van der Waals surface area (Å²) in [5.41, 5.74) is 2.24. The Morgan fingerprint density at radius 3 is 2.63 bits per heavy atom. The lowest BCUT2D eigenvalue weighted by atomic mass is 9.95. The third-order valence-corrected chi connectivity index (χ3v) is 4.88. The minimum Gasteiger partial charge on any atom is -0.497 e. The zero-order valence-corrected chi connectivity index (χ0v) is 16.6. The van der Waals surface area contributed by atoms with Gasteiger partial charge in [-0.25, -0.2) is 9.07 Å². The number of halogens is 1. The Balaban J connectivity index is 1.74. The predicted molar refractivity (Wildman–Crippen MR) is 109 cm³/mol. The molecule has 1 aliphatic rings. The van der Waals surface area contributed by atoms with Crippen molar-refractivity contribution < 1.29 is 18.7 Å². The van der Waals surface area contributed by atoms with Gasteiger partial charge in [0.1, 0.15) is 29.7 Å². The summed E-state index contributed by atoms with van der Waals surface area (Å²) >= 11 is 0. The highest BCUT2D eigenvalue weighted by Gasteiger charge is 2.33. The van der Waals surface area contributed by atoms with Crippen LogP contribution in [0.1, 0.15) is 18.5 Å². The van der Waals surface area contributed by atoms with Crippen LogP contribution >= 0.6 is 0 Å². The van der Waals surface area contributed by atoms with E-state index in [1.54, 1.807) is 49.0 Å². The summed E-state index contributed by atoms with van der Waals surface area (Å²) in [6.07, 6.45) is 1.40. The van der Waals surface area contributed by atoms with Crippen LogP contribution in [-0.4, -0.2) is 34.9 Å². The molecule has 0 bridgehead atoms. The summed E-state index contributed by atoms with van der Waals surface area (Å²) < 4.78 is 25.7. The van der Waals surface area contributed by atoms with Gasteiger partial charge in [-0.2, -0.15) is 10.1 Å². The van der Waals surface area contributed by atoms with Crippen molar-refractivity contribution in [1.82, 2.24) is 14.8 Å². The Morgan fingerprint density at radius 2 is 1.93 bits per heavy atom. The summed E-state index contributed by atoms with van der Waals surface area (Å²) in [7, 11) is 3.07. The first kappa shape index (κ1) is 19.4. The molecule has 1 atom stereocenters. The monoisotopic (exact) mass is 409 g/mol. The molecule has 1 unspecified atom stereocenters. The molecule has 0 fully saturated rings. The number of benzene rings is 2. The Labute approximate surface area is 172 Å². The fraction of sp³-hybridized carbons (Fsp3) is 0.190. The Kier molecular flexibility index (Phi) is 5.09. The highest BCUT2D eigenvalue weighted by molar-refractivity contribution is 6.06. The van der Waals surface area contributed by atoms with E-state index in [0.717, 1.165) is 0 Å². The largest absolute Gasteiger partial charge is 0.497 e. The third-order valence-electron chi connectivity index (χ3n) is 4.88. The minimum atomic E-state index is -0.575. The van der Waals surface area contributed by atoms with Crippen LogP contribution in [0.15, 0.2) is 60.1 Å². The zero-order valence-electron chi connectivity index (χ0n) is 16.6. The number of nitrogens with zero attached hydrogens (tertiary/aromatic N) is 3. The molecule has 0 radical (unpaired) electrons. The third kappa shape index (κ3) is 3.45. The first-order valence-electron chi connectivity index (χ1n) is 9.18. The number of carbonyl (C=O) groups is 1. The molecule has 0 spiro atoms. The highest BCUT2D eigenvalue weighted by Crippen LogP contribution is 2.36. The van der Waals surface area contributed by atoms with Gasteiger partial charge in [0.25, 0.3) is 5.91 Å². The molecule has 2 N–H and O–H groups in total. The standard InChI is InChI=1S/C21H20FN5O3/c1-12-18(20(28)26-16-9-8-15(29-2)10-17(16)30-3)19(13-4-6-14(22)7-5-13)27-21(25-12)23-11-24-27/h4-11,19H,1-3H3,(H,26,28)(H,23,24,25). The Bertz CT molecular complexity index is 1120. The van der Waals surface area contributed by atoms with Crippen molar-refractivity contribution in [1.29, 1.82) is 0 Å². The van der Waals surface area contributed by atoms with E-state index in [-0.39, 0.29) is 11.7 Å². The van der Waals surface area contributed by atoms with Crippen LogP contribution in [0.4, 0.5) is 16.0 Å². The second-order valence-corrected chi connectivity index (χ2v) is 6.67. The maximum Gasteiger partial charge on any atom is 0.255 e. The van der Waals surface area contributed by atoms with Gasteiger partial charge in [0.2, 0.25) is 5.95 Å². The van der Waals surface area contributed by atoms with Crippen molar-refractivity contribution in [2.75, 3.05) is 24.9 Å². The number of fused-ring (bicyclic) bond motifs is 1. The molecule has 30 heavy (non-hydrogen) atoms. The maximum atomic E-state index is 13.5. The molecular weight excluding hydrogens is 389 g/mol. The molecule has 0 saturated carbocycles. The zero-order chi connectivity index (χ0) is 21.3. The first-order valence-corrected chi connectivity index (χ1v) is 9.18. The van der Waals surface area contributed by atoms with Crippen molar-refractivity contribution in [3.8, 4) is 11.5 Å². The van der Waals surface area contributed by atoms with Crippen molar-refractivity contribution in [3.63, 3.8) is 0 Å². The minimum absolute atomic E-state index is 0.348. The van der Waals surface area contributed by atoms with Crippen LogP contribution in [0.2, 0.25) is 0 Å². The number of hydrogen-bond acceptors (Lipinski definition) is 6. The molecule has 0 aliphatic carbocycles. The van der Waals surface area contributed by atoms with E-state index in [2.05, 4.69) is 20.7 Å². The molecule has 0 saturated heterocycles. The topological polar surface area (TPSA) is 90.3 Å². The smallest absolute Gasteiger partial charge is 0.255 e. The van der Waals surface area contributed by atoms with E-state index in [4.69, 9.17) is 9.47 Å². The van der Waals surface area contributed by atoms with Gasteiger partial charge in [-0.15, -0.1) is 0 Å². The van der Waals surface area contributed by atoms with Gasteiger partial charge in [0.15, 0.2) is 0 Å². The van der Waals surface area contributed by atoms with Crippen LogP contribution in [0.3, 0.4) is 0 Å². The fourth-order valence-corrected chi connectivity index (χ4v) is 3.43. The number of anilines is 2. The van der Waals surface area contributed by atoms with E-state index in [0.29, 0.717) is 40.0 Å². The molecule has 2 heterocycles. The predicted octanol–water partition coefficient (Wildman–Crippen LogP) is 3.36. The molecule has 9 heteroatoms. The number of amides is 1.